The molecule has 0 bridgehead atoms. The number of ether oxygens (including phenoxy) is 3. The highest BCUT2D eigenvalue weighted by atomic mass is 16.6. The second-order valence-corrected chi connectivity index (χ2v) is 22.0. The summed E-state index contributed by atoms with van der Waals surface area (Å²) in [6, 6.07) is 0. The third-order valence-corrected chi connectivity index (χ3v) is 14.1. The largest absolute Gasteiger partial charge is 0.462 e. The summed E-state index contributed by atoms with van der Waals surface area (Å²) in [7, 11) is 0. The van der Waals surface area contributed by atoms with E-state index in [1.807, 2.05) is 6.08 Å². The van der Waals surface area contributed by atoms with Gasteiger partial charge in [-0.3, -0.25) is 14.4 Å². The van der Waals surface area contributed by atoms with Gasteiger partial charge in [0.15, 0.2) is 6.10 Å². The number of rotatable bonds is 60. The number of hydrogen-bond donors (Lipinski definition) is 0. The Kier molecular flexibility index (Phi) is 64.3. The van der Waals surface area contributed by atoms with Crippen LogP contribution in [0.4, 0.5) is 0 Å². The molecule has 0 radical (unpaired) electrons. The highest BCUT2D eigenvalue weighted by molar-refractivity contribution is 5.71. The molecule has 0 aliphatic heterocycles. The lowest BCUT2D eigenvalue weighted by Gasteiger charge is -2.18. The van der Waals surface area contributed by atoms with Crippen LogP contribution in [-0.4, -0.2) is 37.2 Å². The molecule has 1 atom stereocenters. The molecule has 0 saturated carbocycles. The maximum absolute atomic E-state index is 12.9. The van der Waals surface area contributed by atoms with Crippen LogP contribution in [-0.2, 0) is 28.6 Å². The molecule has 0 aromatic carbocycles. The molecule has 0 spiro atoms. The van der Waals surface area contributed by atoms with E-state index in [4.69, 9.17) is 14.2 Å². The number of carbonyl (C=O) groups excluding carboxylic acids is 3. The van der Waals surface area contributed by atoms with E-state index >= 15 is 0 Å². The standard InChI is InChI=1S/C75H124O6/c1-4-7-10-13-16-19-22-25-27-28-29-30-31-32-33-34-35-36-37-38-39-40-41-42-43-44-45-46-48-50-53-56-59-62-65-68-74(77)80-71-72(70-79-73(76)67-64-61-58-55-52-49-24-21-18-15-12-9-6-3)81-75(78)69-66-63-60-57-54-51-47-26-23-20-17-14-11-8-5-2/h7,9-10,12,16,18-19,21,25-27,29-30,32-33,35-36,47,49,52,58,61,72H,4-6,8,11,13-15,17,20,22-24,28,31,34,37-46,48,50-51,53-57,59-60,62-71H2,1-3H3/b10-7-,12-9-,19-16-,21-18-,27-25-,30-29-,33-32-,36-35-,47-26-,52-49-,61-58-. The molecule has 6 nitrogen and oxygen atoms in total. The minimum atomic E-state index is -0.813. The van der Waals surface area contributed by atoms with Crippen LogP contribution in [0.1, 0.15) is 303 Å². The Bertz CT molecular complexity index is 1720. The highest BCUT2D eigenvalue weighted by Crippen LogP contribution is 2.16. The summed E-state index contributed by atoms with van der Waals surface area (Å²) in [6.07, 6.45) is 96.4. The molecule has 0 aromatic rings. The lowest BCUT2D eigenvalue weighted by Crippen LogP contribution is -2.30. The van der Waals surface area contributed by atoms with Gasteiger partial charge in [-0.25, -0.2) is 0 Å². The molecule has 1 unspecified atom stereocenters. The van der Waals surface area contributed by atoms with E-state index in [-0.39, 0.29) is 37.5 Å². The van der Waals surface area contributed by atoms with E-state index in [1.54, 1.807) is 0 Å². The van der Waals surface area contributed by atoms with Gasteiger partial charge in [-0.2, -0.15) is 0 Å². The van der Waals surface area contributed by atoms with Crippen molar-refractivity contribution < 1.29 is 28.6 Å². The van der Waals surface area contributed by atoms with Crippen molar-refractivity contribution in [2.75, 3.05) is 13.2 Å². The zero-order chi connectivity index (χ0) is 58.5. The summed E-state index contributed by atoms with van der Waals surface area (Å²) < 4.78 is 16.8. The van der Waals surface area contributed by atoms with Gasteiger partial charge in [-0.15, -0.1) is 0 Å². The summed E-state index contributed by atoms with van der Waals surface area (Å²) in [6.45, 7) is 6.35. The zero-order valence-corrected chi connectivity index (χ0v) is 52.8. The first-order chi connectivity index (χ1) is 40.0. The minimum Gasteiger partial charge on any atom is -0.462 e. The number of allylic oxidation sites excluding steroid dienone is 22. The first-order valence-corrected chi connectivity index (χ1v) is 33.7. The number of esters is 3. The average molecular weight is 1120 g/mol. The van der Waals surface area contributed by atoms with Crippen molar-refractivity contribution in [3.63, 3.8) is 0 Å². The normalized spacial score (nSPS) is 13.0. The van der Waals surface area contributed by atoms with Crippen LogP contribution in [0.5, 0.6) is 0 Å². The van der Waals surface area contributed by atoms with E-state index < -0.39 is 6.10 Å². The fourth-order valence-electron chi connectivity index (χ4n) is 9.16. The van der Waals surface area contributed by atoms with Crippen molar-refractivity contribution in [1.82, 2.24) is 0 Å². The van der Waals surface area contributed by atoms with Gasteiger partial charge in [-0.05, 0) is 122 Å². The van der Waals surface area contributed by atoms with E-state index in [1.165, 1.54) is 141 Å². The Morgan fingerprint density at radius 2 is 0.506 bits per heavy atom. The first kappa shape index (κ1) is 76.5. The van der Waals surface area contributed by atoms with E-state index in [0.29, 0.717) is 19.3 Å². The van der Waals surface area contributed by atoms with Crippen LogP contribution < -0.4 is 0 Å². The van der Waals surface area contributed by atoms with E-state index in [0.717, 1.165) is 116 Å². The van der Waals surface area contributed by atoms with Crippen LogP contribution in [0.3, 0.4) is 0 Å². The highest BCUT2D eigenvalue weighted by Gasteiger charge is 2.19. The molecular formula is C75H124O6. The third-order valence-electron chi connectivity index (χ3n) is 14.1. The van der Waals surface area contributed by atoms with Crippen molar-refractivity contribution in [1.29, 1.82) is 0 Å². The summed E-state index contributed by atoms with van der Waals surface area (Å²) in [4.78, 5) is 38.2. The van der Waals surface area contributed by atoms with Gasteiger partial charge in [0.2, 0.25) is 0 Å². The molecule has 0 amide bonds. The van der Waals surface area contributed by atoms with Gasteiger partial charge in [0.25, 0.3) is 0 Å². The first-order valence-electron chi connectivity index (χ1n) is 33.7. The molecule has 0 aromatic heterocycles. The Hall–Kier alpha value is -4.45. The predicted molar refractivity (Wildman–Crippen MR) is 353 cm³/mol. The smallest absolute Gasteiger partial charge is 0.306 e. The van der Waals surface area contributed by atoms with Crippen LogP contribution in [0.2, 0.25) is 0 Å². The maximum atomic E-state index is 12.9. The summed E-state index contributed by atoms with van der Waals surface area (Å²) in [5, 5.41) is 0. The van der Waals surface area contributed by atoms with Gasteiger partial charge in [0.05, 0.1) is 0 Å². The fourth-order valence-corrected chi connectivity index (χ4v) is 9.16. The topological polar surface area (TPSA) is 78.9 Å². The van der Waals surface area contributed by atoms with Crippen LogP contribution in [0.15, 0.2) is 134 Å². The lowest BCUT2D eigenvalue weighted by molar-refractivity contribution is -0.166. The van der Waals surface area contributed by atoms with Crippen molar-refractivity contribution in [3.8, 4) is 0 Å². The maximum Gasteiger partial charge on any atom is 0.306 e. The second-order valence-electron chi connectivity index (χ2n) is 22.0. The van der Waals surface area contributed by atoms with E-state index in [2.05, 4.69) is 148 Å². The van der Waals surface area contributed by atoms with Crippen LogP contribution >= 0.6 is 0 Å². The van der Waals surface area contributed by atoms with Gasteiger partial charge in [-0.1, -0.05) is 296 Å². The molecule has 6 heteroatoms. The Labute approximate surface area is 500 Å². The van der Waals surface area contributed by atoms with Crippen molar-refractivity contribution in [2.45, 2.75) is 309 Å². The molecule has 460 valence electrons. The SMILES string of the molecule is CC/C=C\C/C=C\C/C=C\C/C=C\C/C=C\C/C=C\CCCCCCCCCCCCCCCCCCC(=O)OCC(COC(=O)CC/C=C\C/C=C\C/C=C\C/C=C\CC)OC(=O)CCCCCCC/C=C\CCCCCCCC. The van der Waals surface area contributed by atoms with Gasteiger partial charge in [0.1, 0.15) is 13.2 Å². The Balaban J connectivity index is 4.19. The summed E-state index contributed by atoms with van der Waals surface area (Å²) in [5.74, 6) is -0.992. The molecule has 0 aliphatic rings. The third kappa shape index (κ3) is 66.2. The van der Waals surface area contributed by atoms with Gasteiger partial charge < -0.3 is 14.2 Å². The Morgan fingerprint density at radius 3 is 0.840 bits per heavy atom. The molecule has 81 heavy (non-hydrogen) atoms. The molecule has 0 rings (SSSR count). The van der Waals surface area contributed by atoms with Crippen molar-refractivity contribution in [2.24, 2.45) is 0 Å². The minimum absolute atomic E-state index is 0.104. The van der Waals surface area contributed by atoms with Gasteiger partial charge >= 0.3 is 17.9 Å². The van der Waals surface area contributed by atoms with E-state index in [9.17, 15) is 14.4 Å². The summed E-state index contributed by atoms with van der Waals surface area (Å²) in [5.41, 5.74) is 0. The Morgan fingerprint density at radius 1 is 0.259 bits per heavy atom. The van der Waals surface area contributed by atoms with Gasteiger partial charge in [0, 0.05) is 19.3 Å². The molecule has 0 heterocycles. The predicted octanol–water partition coefficient (Wildman–Crippen LogP) is 23.3. The monoisotopic (exact) mass is 1120 g/mol. The zero-order valence-electron chi connectivity index (χ0n) is 52.8. The van der Waals surface area contributed by atoms with Crippen molar-refractivity contribution >= 4 is 17.9 Å². The second kappa shape index (κ2) is 68.1. The van der Waals surface area contributed by atoms with Crippen LogP contribution in [0.25, 0.3) is 0 Å². The molecule has 0 saturated heterocycles. The number of unbranched alkanes of at least 4 members (excludes halogenated alkanes) is 27. The number of carbonyl (C=O) groups is 3. The molecular weight excluding hydrogens is 997 g/mol. The quantitative estimate of drug-likeness (QED) is 0.0261. The average Bonchev–Trinajstić information content (AvgIpc) is 3.46. The molecule has 0 aliphatic carbocycles. The number of hydrogen-bond acceptors (Lipinski definition) is 6. The molecule has 0 N–H and O–H groups in total. The fraction of sp³-hybridized carbons (Fsp3) is 0.667. The molecule has 0 fully saturated rings. The van der Waals surface area contributed by atoms with Crippen molar-refractivity contribution in [3.05, 3.63) is 134 Å². The van der Waals surface area contributed by atoms with Crippen LogP contribution in [0, 0.1) is 0 Å². The lowest BCUT2D eigenvalue weighted by atomic mass is 10.0. The summed E-state index contributed by atoms with van der Waals surface area (Å²) >= 11 is 0.